The van der Waals surface area contributed by atoms with Gasteiger partial charge < -0.3 is 10.8 Å². The first-order valence-electron chi connectivity index (χ1n) is 4.72. The van der Waals surface area contributed by atoms with Gasteiger partial charge in [0.05, 0.1) is 0 Å². The van der Waals surface area contributed by atoms with E-state index >= 15 is 0 Å². The normalized spacial score (nSPS) is 12.9. The third-order valence-electron chi connectivity index (χ3n) is 2.37. The summed E-state index contributed by atoms with van der Waals surface area (Å²) < 4.78 is 2.14. The molecule has 3 nitrogen and oxygen atoms in total. The first-order chi connectivity index (χ1) is 7.58. The van der Waals surface area contributed by atoms with Crippen molar-refractivity contribution >= 4 is 43.3 Å². The zero-order valence-corrected chi connectivity index (χ0v) is 10.7. The van der Waals surface area contributed by atoms with Crippen LogP contribution in [0.4, 0.5) is 0 Å². The van der Waals surface area contributed by atoms with Crippen molar-refractivity contribution in [3.8, 4) is 0 Å². The Kier molecular flexibility index (Phi) is 3.28. The molecule has 0 radical (unpaired) electrons. The molecular formula is C11H10BrNO2S. The Hall–Kier alpha value is -0.910. The third-order valence-corrected chi connectivity index (χ3v) is 3.88. The summed E-state index contributed by atoms with van der Waals surface area (Å²) in [5, 5.41) is 11.8. The number of carboxylic acids is 1. The highest BCUT2D eigenvalue weighted by Crippen LogP contribution is 2.29. The Labute approximate surface area is 105 Å². The van der Waals surface area contributed by atoms with Crippen molar-refractivity contribution in [2.45, 2.75) is 12.5 Å². The van der Waals surface area contributed by atoms with Gasteiger partial charge in [-0.2, -0.15) is 0 Å². The highest BCUT2D eigenvalue weighted by Gasteiger charge is 2.14. The second kappa shape index (κ2) is 4.53. The van der Waals surface area contributed by atoms with Gasteiger partial charge in [0.2, 0.25) is 0 Å². The van der Waals surface area contributed by atoms with Gasteiger partial charge in [-0.3, -0.25) is 4.79 Å². The zero-order valence-electron chi connectivity index (χ0n) is 8.31. The van der Waals surface area contributed by atoms with Crippen molar-refractivity contribution in [3.05, 3.63) is 33.6 Å². The van der Waals surface area contributed by atoms with Crippen molar-refractivity contribution in [1.82, 2.24) is 0 Å². The molecule has 0 aliphatic carbocycles. The van der Waals surface area contributed by atoms with E-state index in [1.807, 2.05) is 23.6 Å². The summed E-state index contributed by atoms with van der Waals surface area (Å²) in [7, 11) is 0. The first-order valence-corrected chi connectivity index (χ1v) is 6.39. The number of hydrogen-bond donors (Lipinski definition) is 2. The summed E-state index contributed by atoms with van der Waals surface area (Å²) in [6, 6.07) is 5.15. The van der Waals surface area contributed by atoms with E-state index in [2.05, 4.69) is 15.9 Å². The van der Waals surface area contributed by atoms with Crippen LogP contribution in [0.25, 0.3) is 10.1 Å². The Morgan fingerprint density at radius 3 is 3.00 bits per heavy atom. The summed E-state index contributed by atoms with van der Waals surface area (Å²) >= 11 is 5.01. The average Bonchev–Trinajstić information content (AvgIpc) is 2.61. The van der Waals surface area contributed by atoms with Crippen LogP contribution in [0.15, 0.2) is 28.1 Å². The van der Waals surface area contributed by atoms with Crippen LogP contribution >= 0.6 is 27.3 Å². The molecule has 0 saturated carbocycles. The number of halogens is 1. The summed E-state index contributed by atoms with van der Waals surface area (Å²) in [5.41, 5.74) is 6.53. The lowest BCUT2D eigenvalue weighted by Gasteiger charge is -2.05. The fourth-order valence-electron chi connectivity index (χ4n) is 1.54. The summed E-state index contributed by atoms with van der Waals surface area (Å²) in [5.74, 6) is -0.964. The van der Waals surface area contributed by atoms with Gasteiger partial charge >= 0.3 is 5.97 Å². The maximum atomic E-state index is 10.7. The van der Waals surface area contributed by atoms with E-state index in [1.54, 1.807) is 11.3 Å². The minimum Gasteiger partial charge on any atom is -0.480 e. The van der Waals surface area contributed by atoms with Crippen molar-refractivity contribution in [3.63, 3.8) is 0 Å². The number of carboxylic acid groups (broad SMARTS) is 1. The smallest absolute Gasteiger partial charge is 0.320 e. The Morgan fingerprint density at radius 1 is 1.56 bits per heavy atom. The molecule has 0 spiro atoms. The lowest BCUT2D eigenvalue weighted by Crippen LogP contribution is -2.32. The molecule has 0 amide bonds. The largest absolute Gasteiger partial charge is 0.480 e. The van der Waals surface area contributed by atoms with E-state index in [0.29, 0.717) is 6.42 Å². The first kappa shape index (κ1) is 11.6. The van der Waals surface area contributed by atoms with Gasteiger partial charge in [0.25, 0.3) is 0 Å². The predicted molar refractivity (Wildman–Crippen MR) is 68.8 cm³/mol. The maximum Gasteiger partial charge on any atom is 0.320 e. The lowest BCUT2D eigenvalue weighted by atomic mass is 10.1. The number of thiophene rings is 1. The standard InChI is InChI=1S/C11H10BrNO2S/c12-7-1-2-10-8(4-7)6(5-16-10)3-9(13)11(14)15/h1-2,4-5,9H,3,13H2,(H,14,15). The van der Waals surface area contributed by atoms with Crippen molar-refractivity contribution in [1.29, 1.82) is 0 Å². The molecule has 1 aromatic heterocycles. The van der Waals surface area contributed by atoms with Gasteiger partial charge in [-0.25, -0.2) is 0 Å². The molecule has 0 saturated heterocycles. The monoisotopic (exact) mass is 299 g/mol. The van der Waals surface area contributed by atoms with Crippen LogP contribution in [0.2, 0.25) is 0 Å². The summed E-state index contributed by atoms with van der Waals surface area (Å²) in [4.78, 5) is 10.7. The van der Waals surface area contributed by atoms with Crippen LogP contribution in [-0.2, 0) is 11.2 Å². The van der Waals surface area contributed by atoms with Crippen LogP contribution < -0.4 is 5.73 Å². The van der Waals surface area contributed by atoms with Gasteiger partial charge in [-0.05, 0) is 40.9 Å². The molecule has 2 rings (SSSR count). The second-order valence-corrected chi connectivity index (χ2v) is 5.38. The molecule has 2 aromatic rings. The van der Waals surface area contributed by atoms with E-state index in [4.69, 9.17) is 10.8 Å². The molecule has 1 heterocycles. The van der Waals surface area contributed by atoms with E-state index in [0.717, 1.165) is 20.1 Å². The summed E-state index contributed by atoms with van der Waals surface area (Å²) in [6.07, 6.45) is 0.367. The molecular weight excluding hydrogens is 290 g/mol. The molecule has 1 unspecified atom stereocenters. The number of carbonyl (C=O) groups is 1. The molecule has 16 heavy (non-hydrogen) atoms. The summed E-state index contributed by atoms with van der Waals surface area (Å²) in [6.45, 7) is 0. The zero-order chi connectivity index (χ0) is 11.7. The quantitative estimate of drug-likeness (QED) is 0.916. The second-order valence-electron chi connectivity index (χ2n) is 3.55. The van der Waals surface area contributed by atoms with Crippen molar-refractivity contribution in [2.75, 3.05) is 0 Å². The van der Waals surface area contributed by atoms with Crippen LogP contribution in [-0.4, -0.2) is 17.1 Å². The van der Waals surface area contributed by atoms with Gasteiger partial charge in [0, 0.05) is 9.17 Å². The number of rotatable bonds is 3. The van der Waals surface area contributed by atoms with Gasteiger partial charge in [0.15, 0.2) is 0 Å². The maximum absolute atomic E-state index is 10.7. The third kappa shape index (κ3) is 2.26. The lowest BCUT2D eigenvalue weighted by molar-refractivity contribution is -0.138. The minimum absolute atomic E-state index is 0.367. The SMILES string of the molecule is NC(Cc1csc2ccc(Br)cc12)C(=O)O. The molecule has 1 atom stereocenters. The molecule has 0 bridgehead atoms. The minimum atomic E-state index is -0.964. The number of hydrogen-bond acceptors (Lipinski definition) is 3. The topological polar surface area (TPSA) is 63.3 Å². The molecule has 1 aromatic carbocycles. The molecule has 5 heteroatoms. The Morgan fingerprint density at radius 2 is 2.31 bits per heavy atom. The van der Waals surface area contributed by atoms with Crippen LogP contribution in [0, 0.1) is 0 Å². The molecule has 0 aliphatic rings. The van der Waals surface area contributed by atoms with Gasteiger partial charge in [-0.1, -0.05) is 15.9 Å². The van der Waals surface area contributed by atoms with Crippen LogP contribution in [0.5, 0.6) is 0 Å². The fourth-order valence-corrected chi connectivity index (χ4v) is 2.85. The predicted octanol–water partition coefficient (Wildman–Crippen LogP) is 2.62. The van der Waals surface area contributed by atoms with E-state index in [9.17, 15) is 4.79 Å². The van der Waals surface area contributed by atoms with Gasteiger partial charge in [0.1, 0.15) is 6.04 Å². The Bertz CT molecular complexity index is 538. The van der Waals surface area contributed by atoms with E-state index in [-0.39, 0.29) is 0 Å². The molecule has 84 valence electrons. The van der Waals surface area contributed by atoms with Crippen molar-refractivity contribution in [2.24, 2.45) is 5.73 Å². The average molecular weight is 300 g/mol. The van der Waals surface area contributed by atoms with Crippen LogP contribution in [0.1, 0.15) is 5.56 Å². The number of nitrogens with two attached hydrogens (primary N) is 1. The van der Waals surface area contributed by atoms with Crippen LogP contribution in [0.3, 0.4) is 0 Å². The number of aliphatic carboxylic acids is 1. The van der Waals surface area contributed by atoms with Crippen molar-refractivity contribution < 1.29 is 9.90 Å². The molecule has 0 fully saturated rings. The van der Waals surface area contributed by atoms with E-state index in [1.165, 1.54) is 0 Å². The Balaban J connectivity index is 2.37. The number of fused-ring (bicyclic) bond motifs is 1. The fraction of sp³-hybridized carbons (Fsp3) is 0.182. The highest BCUT2D eigenvalue weighted by molar-refractivity contribution is 9.10. The molecule has 0 aliphatic heterocycles. The molecule has 3 N–H and O–H groups in total. The van der Waals surface area contributed by atoms with Gasteiger partial charge in [-0.15, -0.1) is 11.3 Å². The number of benzene rings is 1. The van der Waals surface area contributed by atoms with E-state index < -0.39 is 12.0 Å². The highest BCUT2D eigenvalue weighted by atomic mass is 79.9.